The maximum Gasteiger partial charge on any atom is 0.244 e. The maximum atomic E-state index is 12.6. The van der Waals surface area contributed by atoms with Gasteiger partial charge in [0.25, 0.3) is 0 Å². The average molecular weight is 262 g/mol. The summed E-state index contributed by atoms with van der Waals surface area (Å²) >= 11 is 1.84. The standard InChI is InChI=1S/C14H18N2OS/c17-14(11-5-3-4-8-15-11)16-9-10-18-13-7-2-1-6-12(13)16/h1-2,6-7,11,15H,3-5,8-10H2/t11-/m0/s1. The molecule has 96 valence electrons. The van der Waals surface area contributed by atoms with Crippen molar-refractivity contribution >= 4 is 23.4 Å². The molecule has 1 saturated heterocycles. The van der Waals surface area contributed by atoms with Crippen LogP contribution in [0.25, 0.3) is 0 Å². The zero-order valence-corrected chi connectivity index (χ0v) is 11.2. The number of nitrogens with zero attached hydrogens (tertiary/aromatic N) is 1. The number of anilines is 1. The van der Waals surface area contributed by atoms with E-state index in [1.54, 1.807) is 0 Å². The first-order valence-electron chi connectivity index (χ1n) is 6.63. The van der Waals surface area contributed by atoms with Gasteiger partial charge in [-0.25, -0.2) is 0 Å². The molecule has 1 fully saturated rings. The van der Waals surface area contributed by atoms with Crippen LogP contribution in [0.3, 0.4) is 0 Å². The summed E-state index contributed by atoms with van der Waals surface area (Å²) in [4.78, 5) is 15.8. The predicted molar refractivity (Wildman–Crippen MR) is 75.2 cm³/mol. The molecule has 3 rings (SSSR count). The van der Waals surface area contributed by atoms with Gasteiger partial charge in [0.2, 0.25) is 5.91 Å². The molecular weight excluding hydrogens is 244 g/mol. The van der Waals surface area contributed by atoms with Crippen LogP contribution in [0.4, 0.5) is 5.69 Å². The Bertz CT molecular complexity index is 443. The summed E-state index contributed by atoms with van der Waals surface area (Å²) in [6, 6.07) is 8.24. The quantitative estimate of drug-likeness (QED) is 0.842. The lowest BCUT2D eigenvalue weighted by Crippen LogP contribution is -2.50. The number of para-hydroxylation sites is 1. The van der Waals surface area contributed by atoms with Crippen molar-refractivity contribution in [1.29, 1.82) is 0 Å². The van der Waals surface area contributed by atoms with E-state index in [0.29, 0.717) is 0 Å². The Morgan fingerprint density at radius 1 is 1.33 bits per heavy atom. The Morgan fingerprint density at radius 2 is 2.22 bits per heavy atom. The van der Waals surface area contributed by atoms with E-state index in [2.05, 4.69) is 17.4 Å². The number of hydrogen-bond acceptors (Lipinski definition) is 3. The first-order chi connectivity index (χ1) is 8.86. The number of fused-ring (bicyclic) bond motifs is 1. The molecule has 1 amide bonds. The Kier molecular flexibility index (Phi) is 3.57. The highest BCUT2D eigenvalue weighted by molar-refractivity contribution is 7.99. The first-order valence-corrected chi connectivity index (χ1v) is 7.61. The number of carbonyl (C=O) groups is 1. The molecule has 0 unspecified atom stereocenters. The van der Waals surface area contributed by atoms with Gasteiger partial charge in [0.05, 0.1) is 11.7 Å². The van der Waals surface area contributed by atoms with Crippen LogP contribution in [0, 0.1) is 0 Å². The highest BCUT2D eigenvalue weighted by Crippen LogP contribution is 2.34. The number of piperidine rings is 1. The Hall–Kier alpha value is -1.00. The molecule has 0 spiro atoms. The van der Waals surface area contributed by atoms with Gasteiger partial charge in [-0.05, 0) is 31.5 Å². The molecule has 1 aromatic carbocycles. The third kappa shape index (κ3) is 2.27. The molecule has 0 radical (unpaired) electrons. The fourth-order valence-electron chi connectivity index (χ4n) is 2.65. The van der Waals surface area contributed by atoms with Crippen molar-refractivity contribution < 1.29 is 4.79 Å². The van der Waals surface area contributed by atoms with Gasteiger partial charge < -0.3 is 10.2 Å². The molecule has 2 aliphatic heterocycles. The number of rotatable bonds is 1. The van der Waals surface area contributed by atoms with Crippen LogP contribution >= 0.6 is 11.8 Å². The molecule has 1 N–H and O–H groups in total. The van der Waals surface area contributed by atoms with Gasteiger partial charge in [-0.1, -0.05) is 18.6 Å². The molecule has 0 aromatic heterocycles. The number of carbonyl (C=O) groups excluding carboxylic acids is 1. The zero-order valence-electron chi connectivity index (χ0n) is 10.4. The number of nitrogens with one attached hydrogen (secondary N) is 1. The van der Waals surface area contributed by atoms with E-state index in [4.69, 9.17) is 0 Å². The van der Waals surface area contributed by atoms with Crippen LogP contribution in [0.1, 0.15) is 19.3 Å². The van der Waals surface area contributed by atoms with Crippen LogP contribution in [-0.4, -0.2) is 30.8 Å². The van der Waals surface area contributed by atoms with E-state index in [1.807, 2.05) is 28.8 Å². The number of benzene rings is 1. The third-order valence-corrected chi connectivity index (χ3v) is 4.65. The van der Waals surface area contributed by atoms with Gasteiger partial charge in [0, 0.05) is 17.2 Å². The van der Waals surface area contributed by atoms with Crippen molar-refractivity contribution in [2.45, 2.75) is 30.2 Å². The lowest BCUT2D eigenvalue weighted by Gasteiger charge is -2.33. The fourth-order valence-corrected chi connectivity index (χ4v) is 3.64. The summed E-state index contributed by atoms with van der Waals surface area (Å²) < 4.78 is 0. The molecule has 18 heavy (non-hydrogen) atoms. The van der Waals surface area contributed by atoms with Gasteiger partial charge in [-0.2, -0.15) is 0 Å². The molecule has 0 saturated carbocycles. The molecule has 2 aliphatic rings. The smallest absolute Gasteiger partial charge is 0.244 e. The second-order valence-electron chi connectivity index (χ2n) is 4.81. The predicted octanol–water partition coefficient (Wildman–Crippen LogP) is 2.27. The maximum absolute atomic E-state index is 12.6. The van der Waals surface area contributed by atoms with E-state index >= 15 is 0 Å². The van der Waals surface area contributed by atoms with E-state index in [-0.39, 0.29) is 11.9 Å². The highest BCUT2D eigenvalue weighted by Gasteiger charge is 2.29. The monoisotopic (exact) mass is 262 g/mol. The number of amides is 1. The number of hydrogen-bond donors (Lipinski definition) is 1. The topological polar surface area (TPSA) is 32.3 Å². The van der Waals surface area contributed by atoms with Crippen molar-refractivity contribution in [2.75, 3.05) is 23.7 Å². The van der Waals surface area contributed by atoms with Crippen LogP contribution in [0.15, 0.2) is 29.2 Å². The summed E-state index contributed by atoms with van der Waals surface area (Å²) in [7, 11) is 0. The molecule has 2 heterocycles. The molecule has 1 aromatic rings. The average Bonchev–Trinajstić information content (AvgIpc) is 2.47. The first kappa shape index (κ1) is 12.1. The van der Waals surface area contributed by atoms with Crippen molar-refractivity contribution in [3.63, 3.8) is 0 Å². The molecular formula is C14H18N2OS. The van der Waals surface area contributed by atoms with Crippen LogP contribution in [0.2, 0.25) is 0 Å². The molecule has 0 bridgehead atoms. The lowest BCUT2D eigenvalue weighted by molar-refractivity contribution is -0.121. The van der Waals surface area contributed by atoms with E-state index < -0.39 is 0 Å². The Labute approximate surface area is 112 Å². The summed E-state index contributed by atoms with van der Waals surface area (Å²) in [6.45, 7) is 1.80. The van der Waals surface area contributed by atoms with Gasteiger partial charge in [-0.3, -0.25) is 4.79 Å². The van der Waals surface area contributed by atoms with Crippen LogP contribution in [-0.2, 0) is 4.79 Å². The van der Waals surface area contributed by atoms with Crippen molar-refractivity contribution in [2.24, 2.45) is 0 Å². The molecule has 4 heteroatoms. The van der Waals surface area contributed by atoms with Crippen molar-refractivity contribution in [1.82, 2.24) is 5.32 Å². The summed E-state index contributed by atoms with van der Waals surface area (Å²) in [5, 5.41) is 3.35. The zero-order chi connectivity index (χ0) is 12.4. The van der Waals surface area contributed by atoms with Gasteiger partial charge >= 0.3 is 0 Å². The summed E-state index contributed by atoms with van der Waals surface area (Å²) in [5.41, 5.74) is 1.09. The second-order valence-corrected chi connectivity index (χ2v) is 5.95. The largest absolute Gasteiger partial charge is 0.309 e. The van der Waals surface area contributed by atoms with Gasteiger partial charge in [0.15, 0.2) is 0 Å². The van der Waals surface area contributed by atoms with Crippen molar-refractivity contribution in [3.8, 4) is 0 Å². The fraction of sp³-hybridized carbons (Fsp3) is 0.500. The summed E-state index contributed by atoms with van der Waals surface area (Å²) in [5.74, 6) is 1.25. The molecule has 0 aliphatic carbocycles. The van der Waals surface area contributed by atoms with Crippen LogP contribution < -0.4 is 10.2 Å². The van der Waals surface area contributed by atoms with E-state index in [9.17, 15) is 4.79 Å². The third-order valence-electron chi connectivity index (χ3n) is 3.60. The number of thioether (sulfide) groups is 1. The minimum Gasteiger partial charge on any atom is -0.309 e. The normalized spacial score (nSPS) is 23.6. The van der Waals surface area contributed by atoms with E-state index in [0.717, 1.165) is 37.4 Å². The van der Waals surface area contributed by atoms with Crippen molar-refractivity contribution in [3.05, 3.63) is 24.3 Å². The molecule has 1 atom stereocenters. The SMILES string of the molecule is O=C([C@@H]1CCCCN1)N1CCSc2ccccc21. The lowest BCUT2D eigenvalue weighted by atomic mass is 10.0. The van der Waals surface area contributed by atoms with Crippen LogP contribution in [0.5, 0.6) is 0 Å². The summed E-state index contributed by atoms with van der Waals surface area (Å²) in [6.07, 6.45) is 3.33. The van der Waals surface area contributed by atoms with E-state index in [1.165, 1.54) is 11.3 Å². The van der Waals surface area contributed by atoms with Gasteiger partial charge in [0.1, 0.15) is 0 Å². The Balaban J connectivity index is 1.82. The minimum atomic E-state index is 0.0231. The molecule has 3 nitrogen and oxygen atoms in total. The minimum absolute atomic E-state index is 0.0231. The Morgan fingerprint density at radius 3 is 3.06 bits per heavy atom. The van der Waals surface area contributed by atoms with Gasteiger partial charge in [-0.15, -0.1) is 11.8 Å². The second kappa shape index (κ2) is 5.33. The highest BCUT2D eigenvalue weighted by atomic mass is 32.2.